The van der Waals surface area contributed by atoms with E-state index in [1.54, 1.807) is 4.90 Å². The lowest BCUT2D eigenvalue weighted by molar-refractivity contribution is -0.199. The van der Waals surface area contributed by atoms with Gasteiger partial charge in [-0.2, -0.15) is 31.6 Å². The summed E-state index contributed by atoms with van der Waals surface area (Å²) in [7, 11) is -4.38. The number of benzene rings is 1. The molecule has 2 saturated carbocycles. The van der Waals surface area contributed by atoms with E-state index in [-0.39, 0.29) is 36.1 Å². The first-order valence-corrected chi connectivity index (χ1v) is 15.5. The van der Waals surface area contributed by atoms with E-state index >= 15 is 0 Å². The van der Waals surface area contributed by atoms with Crippen LogP contribution < -0.4 is 10.2 Å². The zero-order valence-electron chi connectivity index (χ0n) is 22.6. The quantitative estimate of drug-likeness (QED) is 0.449. The second kappa shape index (κ2) is 10.7. The van der Waals surface area contributed by atoms with E-state index in [1.165, 1.54) is 23.1 Å². The van der Waals surface area contributed by atoms with Gasteiger partial charge in [0, 0.05) is 38.4 Å². The third kappa shape index (κ3) is 6.12. The molecule has 0 bridgehead atoms. The van der Waals surface area contributed by atoms with Crippen molar-refractivity contribution in [2.24, 2.45) is 5.41 Å². The Bertz CT molecular complexity index is 1450. The van der Waals surface area contributed by atoms with Crippen LogP contribution in [0, 0.1) is 16.7 Å². The van der Waals surface area contributed by atoms with Gasteiger partial charge in [0.05, 0.1) is 27.8 Å². The van der Waals surface area contributed by atoms with Gasteiger partial charge in [0.2, 0.25) is 11.8 Å². The number of anilines is 1. The molecule has 43 heavy (non-hydrogen) atoms. The number of nitriles is 1. The second-order valence-electron chi connectivity index (χ2n) is 11.6. The molecule has 236 valence electrons. The number of piperazine rings is 1. The number of hydrogen-bond donors (Lipinski definition) is 1. The normalized spacial score (nSPS) is 25.3. The minimum atomic E-state index is -4.89. The van der Waals surface area contributed by atoms with E-state index in [1.807, 2.05) is 6.07 Å². The third-order valence-electron chi connectivity index (χ3n) is 8.66. The lowest BCUT2D eigenvalue weighted by Gasteiger charge is -2.36. The van der Waals surface area contributed by atoms with E-state index in [9.17, 15) is 49.6 Å². The van der Waals surface area contributed by atoms with E-state index < -0.39 is 88.6 Å². The summed E-state index contributed by atoms with van der Waals surface area (Å²) < 4.78 is 107. The lowest BCUT2D eigenvalue weighted by atomic mass is 10.0. The highest BCUT2D eigenvalue weighted by atomic mass is 35.5. The highest BCUT2D eigenvalue weighted by Crippen LogP contribution is 2.59. The maximum absolute atomic E-state index is 13.8. The molecule has 1 aromatic carbocycles. The van der Waals surface area contributed by atoms with Crippen molar-refractivity contribution in [3.05, 3.63) is 23.2 Å². The summed E-state index contributed by atoms with van der Waals surface area (Å²) in [5.74, 6) is -2.26. The molecule has 0 unspecified atom stereocenters. The molecule has 4 aliphatic rings. The average molecular weight is 656 g/mol. The van der Waals surface area contributed by atoms with Gasteiger partial charge >= 0.3 is 12.4 Å². The predicted molar refractivity (Wildman–Crippen MR) is 141 cm³/mol. The molecule has 5 rings (SSSR count). The molecule has 9 nitrogen and oxygen atoms in total. The Morgan fingerprint density at radius 2 is 1.67 bits per heavy atom. The number of nitrogens with one attached hydrogen (secondary N) is 1. The van der Waals surface area contributed by atoms with E-state index in [2.05, 4.69) is 5.32 Å². The molecule has 0 aromatic heterocycles. The van der Waals surface area contributed by atoms with Crippen molar-refractivity contribution < 1.29 is 44.3 Å². The Labute approximate surface area is 248 Å². The van der Waals surface area contributed by atoms with Gasteiger partial charge in [0.25, 0.3) is 0 Å². The van der Waals surface area contributed by atoms with Gasteiger partial charge in [0.1, 0.15) is 17.0 Å². The number of rotatable bonds is 7. The summed E-state index contributed by atoms with van der Waals surface area (Å²) in [5.41, 5.74) is -3.40. The van der Waals surface area contributed by atoms with E-state index in [4.69, 9.17) is 11.6 Å². The first-order chi connectivity index (χ1) is 19.9. The third-order valence-corrected chi connectivity index (χ3v) is 11.3. The fourth-order valence-electron chi connectivity index (χ4n) is 5.74. The van der Waals surface area contributed by atoms with Crippen molar-refractivity contribution in [1.29, 1.82) is 5.26 Å². The van der Waals surface area contributed by atoms with Crippen LogP contribution in [0.5, 0.6) is 0 Å². The predicted octanol–water partition coefficient (Wildman–Crippen LogP) is 3.28. The molecule has 2 aliphatic carbocycles. The molecule has 1 N–H and O–H groups in total. The number of alkyl halides is 6. The number of sulfone groups is 1. The molecule has 17 heteroatoms. The van der Waals surface area contributed by atoms with Crippen LogP contribution in [0.3, 0.4) is 0 Å². The monoisotopic (exact) mass is 655 g/mol. The number of nitrogens with zero attached hydrogens (tertiary/aromatic N) is 4. The Kier molecular flexibility index (Phi) is 7.87. The summed E-state index contributed by atoms with van der Waals surface area (Å²) in [4.78, 5) is 29.7. The van der Waals surface area contributed by atoms with Crippen LogP contribution in [0.1, 0.15) is 32.1 Å². The van der Waals surface area contributed by atoms with Crippen molar-refractivity contribution in [2.75, 3.05) is 44.2 Å². The number of carbonyl (C=O) groups is 2. The zero-order valence-corrected chi connectivity index (χ0v) is 24.2. The molecule has 2 heterocycles. The van der Waals surface area contributed by atoms with Gasteiger partial charge in [-0.05, 0) is 50.3 Å². The number of halogens is 7. The van der Waals surface area contributed by atoms with Gasteiger partial charge in [-0.1, -0.05) is 11.6 Å². The van der Waals surface area contributed by atoms with E-state index in [0.29, 0.717) is 23.4 Å². The molecular weight excluding hydrogens is 628 g/mol. The average Bonchev–Trinajstić information content (AvgIpc) is 3.83. The van der Waals surface area contributed by atoms with Crippen molar-refractivity contribution >= 4 is 38.9 Å². The van der Waals surface area contributed by atoms with Crippen molar-refractivity contribution in [2.45, 2.75) is 66.2 Å². The Morgan fingerprint density at radius 3 is 2.16 bits per heavy atom. The van der Waals surface area contributed by atoms with Crippen molar-refractivity contribution in [1.82, 2.24) is 15.1 Å². The number of hydrogen-bond acceptors (Lipinski definition) is 7. The maximum Gasteiger partial charge on any atom is 0.403 e. The summed E-state index contributed by atoms with van der Waals surface area (Å²) in [6, 6.07) is 4.39. The van der Waals surface area contributed by atoms with Crippen LogP contribution in [0.4, 0.5) is 32.0 Å². The minimum absolute atomic E-state index is 0.124. The fraction of sp³-hybridized carbons (Fsp3) is 0.654. The molecule has 1 aromatic rings. The van der Waals surface area contributed by atoms with Crippen LogP contribution in [0.2, 0.25) is 5.02 Å². The number of likely N-dealkylation sites (tertiary alicyclic amines) is 1. The molecule has 2 amide bonds. The van der Waals surface area contributed by atoms with Gasteiger partial charge < -0.3 is 15.1 Å². The Morgan fingerprint density at radius 1 is 1.05 bits per heavy atom. The van der Waals surface area contributed by atoms with Crippen molar-refractivity contribution in [3.8, 4) is 6.07 Å². The molecule has 2 atom stereocenters. The first kappa shape index (κ1) is 31.6. The second-order valence-corrected chi connectivity index (χ2v) is 14.2. The summed E-state index contributed by atoms with van der Waals surface area (Å²) >= 11 is 6.37. The Hall–Kier alpha value is -2.77. The number of amides is 2. The summed E-state index contributed by atoms with van der Waals surface area (Å²) in [5, 5.41) is 10.2. The van der Waals surface area contributed by atoms with Gasteiger partial charge in [-0.15, -0.1) is 0 Å². The van der Waals surface area contributed by atoms with Crippen LogP contribution in [0.25, 0.3) is 0 Å². The zero-order chi connectivity index (χ0) is 31.6. The summed E-state index contributed by atoms with van der Waals surface area (Å²) in [6.07, 6.45) is -10.0. The highest BCUT2D eigenvalue weighted by molar-refractivity contribution is 7.92. The standard InChI is InChI=1S/C26H28ClF6N5O4S/c27-18-11-16(37-9-7-36(8-10-37)15-25(28,29)30)1-2-20(18)43(41,42)17-12-19(21(39)35-23(14-34)3-4-23)38(13-17)22(40)24(5-6-24)26(31,32)33/h1-2,11,17,19H,3-10,12-13,15H2,(H,35,39)/t17-,19+/m1/s1. The van der Waals surface area contributed by atoms with Crippen LogP contribution >= 0.6 is 11.6 Å². The smallest absolute Gasteiger partial charge is 0.369 e. The lowest BCUT2D eigenvalue weighted by Crippen LogP contribution is -2.53. The first-order valence-electron chi connectivity index (χ1n) is 13.6. The van der Waals surface area contributed by atoms with E-state index in [0.717, 1.165) is 0 Å². The summed E-state index contributed by atoms with van der Waals surface area (Å²) in [6.45, 7) is -0.991. The maximum atomic E-state index is 13.8. The fourth-order valence-corrected chi connectivity index (χ4v) is 7.97. The molecule has 0 spiro atoms. The van der Waals surface area contributed by atoms with Crippen LogP contribution in [0.15, 0.2) is 23.1 Å². The SMILES string of the molecule is N#CC1(NC(=O)[C@@H]2C[C@@H](S(=O)(=O)c3ccc(N4CCN(CC(F)(F)F)CC4)cc3Cl)CN2C(=O)C2(C(F)(F)F)CC2)CC1. The highest BCUT2D eigenvalue weighted by Gasteiger charge is 2.70. The molecule has 2 saturated heterocycles. The molecule has 2 aliphatic heterocycles. The van der Waals surface area contributed by atoms with Gasteiger partial charge in [0.15, 0.2) is 9.84 Å². The topological polar surface area (TPSA) is 114 Å². The largest absolute Gasteiger partial charge is 0.403 e. The Balaban J connectivity index is 1.35. The van der Waals surface area contributed by atoms with Crippen LogP contribution in [-0.4, -0.2) is 98.5 Å². The van der Waals surface area contributed by atoms with Gasteiger partial charge in [-0.25, -0.2) is 8.42 Å². The van der Waals surface area contributed by atoms with Gasteiger partial charge in [-0.3, -0.25) is 14.5 Å². The molecular formula is C26H28ClF6N5O4S. The molecule has 4 fully saturated rings. The van der Waals surface area contributed by atoms with Crippen molar-refractivity contribution in [3.63, 3.8) is 0 Å². The van der Waals surface area contributed by atoms with Crippen LogP contribution in [-0.2, 0) is 19.4 Å². The minimum Gasteiger partial charge on any atom is -0.369 e. The molecule has 0 radical (unpaired) electrons. The number of carbonyl (C=O) groups excluding carboxylic acids is 2.